The number of aryl methyl sites for hydroxylation is 1. The number of nitrogens with two attached hydrogens (primary N) is 1. The molecule has 3 heteroatoms. The van der Waals surface area contributed by atoms with Crippen LogP contribution in [0.5, 0.6) is 0 Å². The second-order valence-corrected chi connectivity index (χ2v) is 4.46. The first kappa shape index (κ1) is 11.3. The molecule has 3 nitrogen and oxygen atoms in total. The van der Waals surface area contributed by atoms with E-state index in [0.717, 1.165) is 5.56 Å². The van der Waals surface area contributed by atoms with Gasteiger partial charge in [-0.05, 0) is 19.8 Å². The molecule has 1 aliphatic rings. The Hall–Kier alpha value is -1.19. The van der Waals surface area contributed by atoms with Crippen LogP contribution in [0.2, 0.25) is 0 Å². The number of Topliss-reactive ketones (excluding diaryl/α,β-unsaturated/α-hetero) is 1. The molecule has 2 rings (SSSR count). The number of rotatable bonds is 2. The molecule has 2 N–H and O–H groups in total. The molecule has 1 aromatic rings. The van der Waals surface area contributed by atoms with Gasteiger partial charge < -0.3 is 10.5 Å². The van der Waals surface area contributed by atoms with E-state index in [4.69, 9.17) is 10.5 Å². The van der Waals surface area contributed by atoms with Crippen molar-refractivity contribution < 1.29 is 9.53 Å². The number of carbonyl (C=O) groups excluding carboxylic acids is 1. The van der Waals surface area contributed by atoms with Gasteiger partial charge in [-0.25, -0.2) is 0 Å². The van der Waals surface area contributed by atoms with Crippen molar-refractivity contribution in [3.8, 4) is 0 Å². The number of benzene rings is 1. The van der Waals surface area contributed by atoms with Crippen LogP contribution in [0.15, 0.2) is 24.3 Å². The molecule has 0 unspecified atom stereocenters. The molecule has 1 fully saturated rings. The lowest BCUT2D eigenvalue weighted by Crippen LogP contribution is -2.51. The van der Waals surface area contributed by atoms with Crippen molar-refractivity contribution in [2.24, 2.45) is 5.73 Å². The van der Waals surface area contributed by atoms with Gasteiger partial charge in [-0.1, -0.05) is 29.8 Å². The van der Waals surface area contributed by atoms with Crippen LogP contribution in [-0.2, 0) is 4.74 Å². The number of ether oxygens (including phenoxy) is 1. The molecule has 0 spiro atoms. The van der Waals surface area contributed by atoms with E-state index >= 15 is 0 Å². The molecular formula is C13H17NO2. The van der Waals surface area contributed by atoms with Gasteiger partial charge >= 0.3 is 0 Å². The average molecular weight is 219 g/mol. The third-order valence-electron chi connectivity index (χ3n) is 3.15. The first-order valence-corrected chi connectivity index (χ1v) is 5.60. The summed E-state index contributed by atoms with van der Waals surface area (Å²) in [6.07, 6.45) is 1.22. The molecule has 0 saturated carbocycles. The topological polar surface area (TPSA) is 52.3 Å². The summed E-state index contributed by atoms with van der Waals surface area (Å²) >= 11 is 0. The van der Waals surface area contributed by atoms with E-state index in [2.05, 4.69) is 0 Å². The Morgan fingerprint density at radius 2 is 1.81 bits per heavy atom. The van der Waals surface area contributed by atoms with Crippen LogP contribution >= 0.6 is 0 Å². The van der Waals surface area contributed by atoms with Crippen LogP contribution in [0.3, 0.4) is 0 Å². The largest absolute Gasteiger partial charge is 0.381 e. The standard InChI is InChI=1S/C13H17NO2/c1-10-2-4-11(5-3-10)12(15)13(14)6-8-16-9-7-13/h2-5H,6-9,14H2,1H3. The predicted molar refractivity (Wildman–Crippen MR) is 62.5 cm³/mol. The third kappa shape index (κ3) is 2.15. The zero-order valence-electron chi connectivity index (χ0n) is 9.53. The van der Waals surface area contributed by atoms with Gasteiger partial charge in [-0.3, -0.25) is 4.79 Å². The van der Waals surface area contributed by atoms with E-state index in [1.807, 2.05) is 31.2 Å². The van der Waals surface area contributed by atoms with Gasteiger partial charge in [0.25, 0.3) is 0 Å². The van der Waals surface area contributed by atoms with Gasteiger partial charge in [-0.15, -0.1) is 0 Å². The average Bonchev–Trinajstić information content (AvgIpc) is 2.30. The predicted octanol–water partition coefficient (Wildman–Crippen LogP) is 1.69. The molecular weight excluding hydrogens is 202 g/mol. The Bertz CT molecular complexity index is 377. The lowest BCUT2D eigenvalue weighted by atomic mass is 9.83. The molecule has 1 aliphatic heterocycles. The molecule has 0 aromatic heterocycles. The van der Waals surface area contributed by atoms with E-state index in [1.54, 1.807) is 0 Å². The van der Waals surface area contributed by atoms with E-state index in [0.29, 0.717) is 31.6 Å². The second-order valence-electron chi connectivity index (χ2n) is 4.46. The minimum absolute atomic E-state index is 0.0378. The zero-order valence-corrected chi connectivity index (χ0v) is 9.53. The van der Waals surface area contributed by atoms with Gasteiger partial charge in [0.1, 0.15) is 0 Å². The maximum Gasteiger partial charge on any atom is 0.182 e. The monoisotopic (exact) mass is 219 g/mol. The summed E-state index contributed by atoms with van der Waals surface area (Å²) in [6.45, 7) is 3.16. The van der Waals surface area contributed by atoms with Crippen molar-refractivity contribution >= 4 is 5.78 Å². The number of hydrogen-bond acceptors (Lipinski definition) is 3. The summed E-state index contributed by atoms with van der Waals surface area (Å²) in [5.41, 5.74) is 7.27. The van der Waals surface area contributed by atoms with Gasteiger partial charge in [-0.2, -0.15) is 0 Å². The highest BCUT2D eigenvalue weighted by molar-refractivity contribution is 6.03. The van der Waals surface area contributed by atoms with Crippen LogP contribution < -0.4 is 5.73 Å². The summed E-state index contributed by atoms with van der Waals surface area (Å²) in [6, 6.07) is 7.58. The maximum atomic E-state index is 12.3. The molecule has 0 atom stereocenters. The highest BCUT2D eigenvalue weighted by Crippen LogP contribution is 2.22. The highest BCUT2D eigenvalue weighted by atomic mass is 16.5. The molecule has 1 aromatic carbocycles. The van der Waals surface area contributed by atoms with Gasteiger partial charge in [0.05, 0.1) is 5.54 Å². The molecule has 0 bridgehead atoms. The summed E-state index contributed by atoms with van der Waals surface area (Å²) in [5, 5.41) is 0. The Kier molecular flexibility index (Phi) is 3.08. The fraction of sp³-hybridized carbons (Fsp3) is 0.462. The Morgan fingerprint density at radius 3 is 2.38 bits per heavy atom. The normalized spacial score (nSPS) is 19.4. The first-order valence-electron chi connectivity index (χ1n) is 5.60. The van der Waals surface area contributed by atoms with Crippen LogP contribution in [0.1, 0.15) is 28.8 Å². The Morgan fingerprint density at radius 1 is 1.25 bits per heavy atom. The van der Waals surface area contributed by atoms with Crippen LogP contribution in [0.4, 0.5) is 0 Å². The Labute approximate surface area is 95.6 Å². The molecule has 0 aliphatic carbocycles. The fourth-order valence-electron chi connectivity index (χ4n) is 1.96. The van der Waals surface area contributed by atoms with Crippen molar-refractivity contribution in [2.45, 2.75) is 25.3 Å². The van der Waals surface area contributed by atoms with E-state index < -0.39 is 5.54 Å². The van der Waals surface area contributed by atoms with Gasteiger partial charge in [0.2, 0.25) is 0 Å². The minimum atomic E-state index is -0.729. The molecule has 0 amide bonds. The van der Waals surface area contributed by atoms with Crippen LogP contribution in [-0.4, -0.2) is 24.5 Å². The van der Waals surface area contributed by atoms with Crippen molar-refractivity contribution in [1.29, 1.82) is 0 Å². The molecule has 86 valence electrons. The number of hydrogen-bond donors (Lipinski definition) is 1. The maximum absolute atomic E-state index is 12.3. The lowest BCUT2D eigenvalue weighted by Gasteiger charge is -2.31. The minimum Gasteiger partial charge on any atom is -0.381 e. The van der Waals surface area contributed by atoms with Gasteiger partial charge in [0.15, 0.2) is 5.78 Å². The quantitative estimate of drug-likeness (QED) is 0.770. The van der Waals surface area contributed by atoms with E-state index in [-0.39, 0.29) is 5.78 Å². The van der Waals surface area contributed by atoms with Crippen LogP contribution in [0, 0.1) is 6.92 Å². The van der Waals surface area contributed by atoms with Crippen molar-refractivity contribution in [3.05, 3.63) is 35.4 Å². The second kappa shape index (κ2) is 4.36. The molecule has 1 heterocycles. The van der Waals surface area contributed by atoms with E-state index in [9.17, 15) is 4.79 Å². The molecule has 16 heavy (non-hydrogen) atoms. The highest BCUT2D eigenvalue weighted by Gasteiger charge is 2.36. The number of ketones is 1. The van der Waals surface area contributed by atoms with Crippen molar-refractivity contribution in [3.63, 3.8) is 0 Å². The van der Waals surface area contributed by atoms with Crippen LogP contribution in [0.25, 0.3) is 0 Å². The smallest absolute Gasteiger partial charge is 0.182 e. The third-order valence-corrected chi connectivity index (χ3v) is 3.15. The molecule has 0 radical (unpaired) electrons. The number of carbonyl (C=O) groups is 1. The van der Waals surface area contributed by atoms with Gasteiger partial charge in [0, 0.05) is 18.8 Å². The summed E-state index contributed by atoms with van der Waals surface area (Å²) in [4.78, 5) is 12.3. The Balaban J connectivity index is 2.20. The van der Waals surface area contributed by atoms with Crippen molar-refractivity contribution in [2.75, 3.05) is 13.2 Å². The summed E-state index contributed by atoms with van der Waals surface area (Å²) in [7, 11) is 0. The fourth-order valence-corrected chi connectivity index (χ4v) is 1.96. The summed E-state index contributed by atoms with van der Waals surface area (Å²) < 4.78 is 5.24. The van der Waals surface area contributed by atoms with E-state index in [1.165, 1.54) is 0 Å². The zero-order chi connectivity index (χ0) is 11.6. The van der Waals surface area contributed by atoms with Crippen molar-refractivity contribution in [1.82, 2.24) is 0 Å². The lowest BCUT2D eigenvalue weighted by molar-refractivity contribution is 0.0448. The first-order chi connectivity index (χ1) is 7.62. The molecule has 1 saturated heterocycles. The summed E-state index contributed by atoms with van der Waals surface area (Å²) in [5.74, 6) is 0.0378. The SMILES string of the molecule is Cc1ccc(C(=O)C2(N)CCOCC2)cc1.